The number of hydrogen-bond donors (Lipinski definition) is 0. The molecule has 0 bridgehead atoms. The molecule has 0 aromatic heterocycles. The monoisotopic (exact) mass is 464 g/mol. The second kappa shape index (κ2) is 7.05. The van der Waals surface area contributed by atoms with Crippen molar-refractivity contribution in [3.05, 3.63) is 0 Å². The van der Waals surface area contributed by atoms with E-state index in [1.165, 1.54) is 0 Å². The van der Waals surface area contributed by atoms with Crippen LogP contribution in [0.3, 0.4) is 0 Å². The van der Waals surface area contributed by atoms with Gasteiger partial charge in [-0.25, -0.2) is 0 Å². The first-order valence-electron chi connectivity index (χ1n) is 4.80. The third-order valence-corrected chi connectivity index (χ3v) is 9.78. The van der Waals surface area contributed by atoms with Crippen LogP contribution in [0.5, 0.6) is 0 Å². The Morgan fingerprint density at radius 3 is 0.333 bits per heavy atom. The van der Waals surface area contributed by atoms with E-state index in [2.05, 4.69) is 0 Å². The van der Waals surface area contributed by atoms with Gasteiger partial charge in [0.1, 0.15) is 0 Å². The van der Waals surface area contributed by atoms with Crippen LogP contribution in [0, 0.1) is 123 Å². The molecule has 12 nitrogen and oxygen atoms in total. The van der Waals surface area contributed by atoms with Gasteiger partial charge in [0.15, 0.2) is 0 Å². The molecule has 15 heteroatoms. The Balaban J connectivity index is -0.000000411. The first kappa shape index (κ1) is 28.4. The predicted octanol–water partition coefficient (Wildman–Crippen LogP) is -0.452. The summed E-state index contributed by atoms with van der Waals surface area (Å²) in [7, 11) is -12.3. The molecular weight excluding hydrogens is 463 g/mol. The summed E-state index contributed by atoms with van der Waals surface area (Å²) in [5.41, 5.74) is 0. The summed E-state index contributed by atoms with van der Waals surface area (Å²) in [5.74, 6) is 0. The van der Waals surface area contributed by atoms with Gasteiger partial charge in [0.2, 0.25) is 0 Å². The van der Waals surface area contributed by atoms with Crippen LogP contribution in [0.25, 0.3) is 0 Å². The molecule has 0 saturated carbocycles. The van der Waals surface area contributed by atoms with Crippen LogP contribution in [-0.2, 0) is 21.5 Å². The van der Waals surface area contributed by atoms with Gasteiger partial charge in [0, 0.05) is 0 Å². The van der Waals surface area contributed by atoms with Crippen molar-refractivity contribution in [1.29, 1.82) is 63.1 Å². The fraction of sp³-hybridized carbons (Fsp3) is 0. The summed E-state index contributed by atoms with van der Waals surface area (Å²) in [4.78, 5) is 12.4. The number of nitriles is 12. The number of nitrogens with zero attached hydrogens (tertiary/aromatic N) is 12. The molecule has 0 aliphatic carbocycles. The van der Waals surface area contributed by atoms with Gasteiger partial charge >= 0.3 is 196 Å². The first-order chi connectivity index (χ1) is 11.9. The van der Waals surface area contributed by atoms with E-state index in [1.54, 1.807) is 0 Å². The van der Waals surface area contributed by atoms with E-state index >= 15 is 0 Å². The van der Waals surface area contributed by atoms with E-state index in [9.17, 15) is 0 Å². The first-order valence-corrected chi connectivity index (χ1v) is 11.4. The Labute approximate surface area is 193 Å². The Kier molecular flexibility index (Phi) is 7.41. The summed E-state index contributed by atoms with van der Waals surface area (Å²) in [5, 5.41) is 103. The Morgan fingerprint density at radius 1 is 0.259 bits per heavy atom. The van der Waals surface area contributed by atoms with Crippen molar-refractivity contribution in [2.24, 2.45) is 0 Å². The quantitative estimate of drug-likeness (QED) is 0.412. The van der Waals surface area contributed by atoms with Crippen molar-refractivity contribution in [2.45, 2.75) is 0 Å². The van der Waals surface area contributed by atoms with E-state index in [0.29, 0.717) is 0 Å². The van der Waals surface area contributed by atoms with Gasteiger partial charge < -0.3 is 0 Å². The average Bonchev–Trinajstić information content (AvgIpc) is 2.77. The van der Waals surface area contributed by atoms with Crippen LogP contribution in [-0.4, -0.2) is 51.4 Å². The van der Waals surface area contributed by atoms with Gasteiger partial charge in [-0.15, -0.1) is 0 Å². The molecule has 0 rings (SSSR count). The average molecular weight is 464 g/mol. The van der Waals surface area contributed by atoms with Crippen molar-refractivity contribution >= 4 is 51.4 Å². The third-order valence-electron chi connectivity index (χ3n) is 2.37. The molecule has 0 aromatic carbocycles. The zero-order valence-corrected chi connectivity index (χ0v) is 14.3. The van der Waals surface area contributed by atoms with Gasteiger partial charge in [0.25, 0.3) is 0 Å². The van der Waals surface area contributed by atoms with E-state index < -0.39 is 21.5 Å². The molecule has 0 amide bonds. The minimum absolute atomic E-state index is 0. The number of hydrogen-bond acceptors (Lipinski definition) is 12. The molecule has 0 spiro atoms. The third kappa shape index (κ3) is 2.98. The topological polar surface area (TPSA) is 285 Å². The standard InChI is InChI=1S/12CN.2Fe.K.H/c12*1-2;;;;. The van der Waals surface area contributed by atoms with Crippen LogP contribution in [0.1, 0.15) is 0 Å². The molecule has 0 aromatic rings. The van der Waals surface area contributed by atoms with Crippen molar-refractivity contribution < 1.29 is 21.5 Å². The van der Waals surface area contributed by atoms with Crippen LogP contribution in [0.2, 0.25) is 0 Å². The van der Waals surface area contributed by atoms with Gasteiger partial charge in [-0.1, -0.05) is 0 Å². The fourth-order valence-corrected chi connectivity index (χ4v) is 2.19. The maximum atomic E-state index is 8.58. The Bertz CT molecular complexity index is 882. The summed E-state index contributed by atoms with van der Waals surface area (Å²) in [6.45, 7) is 0. The van der Waals surface area contributed by atoms with Crippen molar-refractivity contribution in [3.63, 3.8) is 0 Å². The summed E-state index contributed by atoms with van der Waals surface area (Å²) in [6.07, 6.45) is 0. The second-order valence-corrected chi connectivity index (χ2v) is 14.8. The second-order valence-electron chi connectivity index (χ2n) is 3.60. The zero-order valence-electron chi connectivity index (χ0n) is 12.1. The van der Waals surface area contributed by atoms with E-state index in [4.69, 9.17) is 63.1 Å². The van der Waals surface area contributed by atoms with Crippen LogP contribution < -0.4 is 0 Å². The van der Waals surface area contributed by atoms with E-state index in [1.807, 2.05) is 0 Å². The molecule has 0 saturated heterocycles. The van der Waals surface area contributed by atoms with Crippen LogP contribution in [0.15, 0.2) is 0 Å². The molecule has 0 aliphatic rings. The molecule has 27 heavy (non-hydrogen) atoms. The minimum atomic E-state index is -6.17. The maximum absolute atomic E-state index is 8.58. The molecule has 0 unspecified atom stereocenters. The van der Waals surface area contributed by atoms with Crippen LogP contribution in [0.4, 0.5) is 0 Å². The zero-order chi connectivity index (χ0) is 21.3. The van der Waals surface area contributed by atoms with Crippen molar-refractivity contribution in [1.82, 2.24) is 0 Å². The fourth-order valence-electron chi connectivity index (χ4n) is 0.530. The normalized spacial score (nSPS) is 12.9. The molecule has 0 atom stereocenters. The number of rotatable bonds is 0. The summed E-state index contributed by atoms with van der Waals surface area (Å²) < 4.78 is 0. The molecule has 0 heterocycles. The van der Waals surface area contributed by atoms with Gasteiger partial charge in [0.05, 0.1) is 0 Å². The summed E-state index contributed by atoms with van der Waals surface area (Å²) in [6, 6.07) is 0. The van der Waals surface area contributed by atoms with Crippen molar-refractivity contribution in [2.75, 3.05) is 0 Å². The van der Waals surface area contributed by atoms with E-state index in [0.717, 1.165) is 59.6 Å². The van der Waals surface area contributed by atoms with Crippen LogP contribution >= 0.6 is 0 Å². The van der Waals surface area contributed by atoms with Gasteiger partial charge in [-0.3, -0.25) is 0 Å². The molecule has 0 fully saturated rings. The van der Waals surface area contributed by atoms with Gasteiger partial charge in [-0.05, 0) is 0 Å². The van der Waals surface area contributed by atoms with E-state index in [-0.39, 0.29) is 51.4 Å². The molecule has 0 radical (unpaired) electrons. The van der Waals surface area contributed by atoms with Crippen molar-refractivity contribution in [3.8, 4) is 59.6 Å². The SMILES string of the molecule is N#[C][Fe]([C]#N)([C]#N)([C]#N)([C]#N)[C]#N.N#[C][Fe]([C]#N)([C]#N)([C]#N)([C]#N)[C]#N.[KH]. The molecule has 0 N–H and O–H groups in total. The molecule has 0 aliphatic heterocycles. The Morgan fingerprint density at radius 2 is 0.333 bits per heavy atom. The van der Waals surface area contributed by atoms with Gasteiger partial charge in [-0.2, -0.15) is 0 Å². The molecular formula is C12HFe2KN12. The summed E-state index contributed by atoms with van der Waals surface area (Å²) >= 11 is 0. The molecule has 126 valence electrons. The Hall–Kier alpha value is -3.44. The predicted molar refractivity (Wildman–Crippen MR) is 74.5 cm³/mol.